The monoisotopic (exact) mass is 395 g/mol. The number of amides is 1. The van der Waals surface area contributed by atoms with Crippen molar-refractivity contribution in [2.45, 2.75) is 11.7 Å². The molecular weight excluding hydrogens is 376 g/mol. The SMILES string of the molecule is COc1ccc(C(F)N2C(=O)CSC2c2c(OC)cccc2OC)c(F)c1. The number of carbonyl (C=O) groups excluding carboxylic acids is 1. The molecule has 3 rings (SSSR count). The summed E-state index contributed by atoms with van der Waals surface area (Å²) in [6.07, 6.45) is -1.96. The lowest BCUT2D eigenvalue weighted by molar-refractivity contribution is -0.134. The molecule has 144 valence electrons. The minimum absolute atomic E-state index is 0.0735. The number of methoxy groups -OCH3 is 3. The Hall–Kier alpha value is -2.48. The Labute approximate surface area is 160 Å². The summed E-state index contributed by atoms with van der Waals surface area (Å²) in [5, 5.41) is -0.708. The van der Waals surface area contributed by atoms with E-state index in [0.29, 0.717) is 17.1 Å². The molecule has 27 heavy (non-hydrogen) atoms. The van der Waals surface area contributed by atoms with Gasteiger partial charge < -0.3 is 14.2 Å². The van der Waals surface area contributed by atoms with Gasteiger partial charge in [0.15, 0.2) is 0 Å². The van der Waals surface area contributed by atoms with Gasteiger partial charge in [0.05, 0.1) is 32.6 Å². The summed E-state index contributed by atoms with van der Waals surface area (Å²) < 4.78 is 45.4. The first-order valence-electron chi connectivity index (χ1n) is 8.13. The van der Waals surface area contributed by atoms with Crippen LogP contribution in [0.25, 0.3) is 0 Å². The molecule has 2 atom stereocenters. The summed E-state index contributed by atoms with van der Waals surface area (Å²) >= 11 is 1.24. The molecule has 0 bridgehead atoms. The molecule has 1 heterocycles. The van der Waals surface area contributed by atoms with E-state index in [2.05, 4.69) is 0 Å². The molecule has 8 heteroatoms. The normalized spacial score (nSPS) is 17.7. The van der Waals surface area contributed by atoms with Crippen molar-refractivity contribution >= 4 is 17.7 Å². The minimum Gasteiger partial charge on any atom is -0.497 e. The van der Waals surface area contributed by atoms with Crippen molar-refractivity contribution in [1.29, 1.82) is 0 Å². The molecule has 0 aromatic heterocycles. The first-order valence-corrected chi connectivity index (χ1v) is 9.17. The molecule has 5 nitrogen and oxygen atoms in total. The molecule has 0 radical (unpaired) electrons. The van der Waals surface area contributed by atoms with Crippen molar-refractivity contribution in [3.63, 3.8) is 0 Å². The van der Waals surface area contributed by atoms with Gasteiger partial charge in [-0.3, -0.25) is 9.69 Å². The summed E-state index contributed by atoms with van der Waals surface area (Å²) in [5.74, 6) is 0.0683. The molecule has 2 aromatic rings. The Morgan fingerprint density at radius 2 is 1.78 bits per heavy atom. The number of carbonyl (C=O) groups is 1. The van der Waals surface area contributed by atoms with E-state index in [-0.39, 0.29) is 17.1 Å². The topological polar surface area (TPSA) is 48.0 Å². The van der Waals surface area contributed by atoms with E-state index >= 15 is 4.39 Å². The Balaban J connectivity index is 2.03. The molecule has 0 N–H and O–H groups in total. The lowest BCUT2D eigenvalue weighted by atomic mass is 10.1. The maximum Gasteiger partial charge on any atom is 0.236 e. The van der Waals surface area contributed by atoms with Crippen LogP contribution in [0, 0.1) is 5.82 Å². The highest BCUT2D eigenvalue weighted by Gasteiger charge is 2.42. The maximum atomic E-state index is 15.3. The quantitative estimate of drug-likeness (QED) is 0.690. The molecule has 0 saturated carbocycles. The highest BCUT2D eigenvalue weighted by molar-refractivity contribution is 8.00. The second-order valence-electron chi connectivity index (χ2n) is 5.76. The number of rotatable bonds is 6. The summed E-state index contributed by atoms with van der Waals surface area (Å²) in [6, 6.07) is 8.99. The highest BCUT2D eigenvalue weighted by Crippen LogP contribution is 2.50. The van der Waals surface area contributed by atoms with Crippen molar-refractivity contribution < 1.29 is 27.8 Å². The fourth-order valence-corrected chi connectivity index (χ4v) is 4.24. The smallest absolute Gasteiger partial charge is 0.236 e. The zero-order valence-corrected chi connectivity index (χ0v) is 15.9. The van der Waals surface area contributed by atoms with Crippen LogP contribution in [-0.2, 0) is 4.79 Å². The van der Waals surface area contributed by atoms with Crippen LogP contribution in [0.5, 0.6) is 17.2 Å². The molecule has 1 saturated heterocycles. The van der Waals surface area contributed by atoms with Crippen LogP contribution in [0.15, 0.2) is 36.4 Å². The van der Waals surface area contributed by atoms with E-state index in [9.17, 15) is 9.18 Å². The second kappa shape index (κ2) is 8.04. The number of alkyl halides is 1. The van der Waals surface area contributed by atoms with Gasteiger partial charge in [0, 0.05) is 11.6 Å². The van der Waals surface area contributed by atoms with Gasteiger partial charge in [-0.25, -0.2) is 8.78 Å². The standard InChI is InChI=1S/C19H19F2NO4S/c1-24-11-7-8-12(13(20)9-11)18(21)22-16(23)10-27-19(22)17-14(25-2)5-4-6-15(17)26-3/h4-9,18-19H,10H2,1-3H3. The first kappa shape index (κ1) is 19.3. The molecule has 2 unspecified atom stereocenters. The number of halogens is 2. The number of thioether (sulfide) groups is 1. The zero-order valence-electron chi connectivity index (χ0n) is 15.1. The van der Waals surface area contributed by atoms with E-state index in [1.807, 2.05) is 0 Å². The number of hydrogen-bond acceptors (Lipinski definition) is 5. The lowest BCUT2D eigenvalue weighted by Crippen LogP contribution is -2.31. The second-order valence-corrected chi connectivity index (χ2v) is 6.83. The van der Waals surface area contributed by atoms with E-state index in [0.717, 1.165) is 11.0 Å². The molecule has 1 amide bonds. The van der Waals surface area contributed by atoms with Crippen LogP contribution in [0.3, 0.4) is 0 Å². The molecule has 2 aromatic carbocycles. The number of hydrogen-bond donors (Lipinski definition) is 0. The van der Waals surface area contributed by atoms with E-state index < -0.39 is 23.4 Å². The molecule has 0 aliphatic carbocycles. The fourth-order valence-electron chi connectivity index (χ4n) is 3.00. The summed E-state index contributed by atoms with van der Waals surface area (Å²) in [7, 11) is 4.37. The minimum atomic E-state index is -1.96. The fraction of sp³-hybridized carbons (Fsp3) is 0.316. The lowest BCUT2D eigenvalue weighted by Gasteiger charge is -2.29. The predicted molar refractivity (Wildman–Crippen MR) is 98.4 cm³/mol. The number of ether oxygens (including phenoxy) is 3. The van der Waals surface area contributed by atoms with Gasteiger partial charge >= 0.3 is 0 Å². The Morgan fingerprint density at radius 1 is 1.11 bits per heavy atom. The highest BCUT2D eigenvalue weighted by atomic mass is 32.2. The van der Waals surface area contributed by atoms with Crippen LogP contribution < -0.4 is 14.2 Å². The number of nitrogens with zero attached hydrogens (tertiary/aromatic N) is 1. The van der Waals surface area contributed by atoms with Crippen molar-refractivity contribution in [2.24, 2.45) is 0 Å². The largest absolute Gasteiger partial charge is 0.497 e. The third-order valence-corrected chi connectivity index (χ3v) is 5.52. The summed E-state index contributed by atoms with van der Waals surface area (Å²) in [4.78, 5) is 13.5. The zero-order chi connectivity index (χ0) is 19.6. The molecule has 1 aliphatic heterocycles. The molecule has 0 spiro atoms. The Kier molecular flexibility index (Phi) is 5.74. The van der Waals surface area contributed by atoms with Gasteiger partial charge in [-0.1, -0.05) is 6.07 Å². The van der Waals surface area contributed by atoms with Gasteiger partial charge in [0.25, 0.3) is 0 Å². The van der Waals surface area contributed by atoms with Gasteiger partial charge in [-0.2, -0.15) is 0 Å². The third-order valence-electron chi connectivity index (χ3n) is 4.33. The molecular formula is C19H19F2NO4S. The summed E-state index contributed by atoms with van der Waals surface area (Å²) in [5.41, 5.74) is 0.306. The van der Waals surface area contributed by atoms with Crippen LogP contribution in [0.1, 0.15) is 22.8 Å². The van der Waals surface area contributed by atoms with E-state index in [1.54, 1.807) is 18.2 Å². The van der Waals surface area contributed by atoms with Gasteiger partial charge in [-0.05, 0) is 24.3 Å². The Morgan fingerprint density at radius 3 is 2.33 bits per heavy atom. The summed E-state index contributed by atoms with van der Waals surface area (Å²) in [6.45, 7) is 0. The third kappa shape index (κ3) is 3.53. The van der Waals surface area contributed by atoms with Crippen LogP contribution in [0.2, 0.25) is 0 Å². The van der Waals surface area contributed by atoms with E-state index in [4.69, 9.17) is 14.2 Å². The van der Waals surface area contributed by atoms with Gasteiger partial charge in [-0.15, -0.1) is 11.8 Å². The van der Waals surface area contributed by atoms with Crippen molar-refractivity contribution in [1.82, 2.24) is 4.90 Å². The van der Waals surface area contributed by atoms with Crippen molar-refractivity contribution in [2.75, 3.05) is 27.1 Å². The Bertz CT molecular complexity index is 826. The predicted octanol–water partition coefficient (Wildman–Crippen LogP) is 4.09. The van der Waals surface area contributed by atoms with Crippen molar-refractivity contribution in [3.05, 3.63) is 53.3 Å². The van der Waals surface area contributed by atoms with Gasteiger partial charge in [0.1, 0.15) is 28.4 Å². The van der Waals surface area contributed by atoms with E-state index in [1.165, 1.54) is 45.2 Å². The first-order chi connectivity index (χ1) is 13.0. The van der Waals surface area contributed by atoms with Crippen LogP contribution in [-0.4, -0.2) is 37.9 Å². The van der Waals surface area contributed by atoms with Crippen LogP contribution >= 0.6 is 11.8 Å². The average molecular weight is 395 g/mol. The molecule has 1 fully saturated rings. The molecule has 1 aliphatic rings. The maximum absolute atomic E-state index is 15.3. The van der Waals surface area contributed by atoms with Crippen molar-refractivity contribution in [3.8, 4) is 17.2 Å². The average Bonchev–Trinajstić information content (AvgIpc) is 3.07. The van der Waals surface area contributed by atoms with Gasteiger partial charge in [0.2, 0.25) is 12.2 Å². The number of benzene rings is 2. The van der Waals surface area contributed by atoms with Crippen LogP contribution in [0.4, 0.5) is 8.78 Å².